The van der Waals surface area contributed by atoms with Gasteiger partial charge in [0.25, 0.3) is 0 Å². The molecule has 0 aliphatic carbocycles. The number of benzene rings is 3. The quantitative estimate of drug-likeness (QED) is 0.409. The summed E-state index contributed by atoms with van der Waals surface area (Å²) in [4.78, 5) is 17.5. The molecule has 3 aromatic rings. The summed E-state index contributed by atoms with van der Waals surface area (Å²) < 4.78 is 22.3. The van der Waals surface area contributed by atoms with E-state index in [-0.39, 0.29) is 6.03 Å². The number of carbonyl (C=O) groups is 1. The molecule has 8 nitrogen and oxygen atoms in total. The van der Waals surface area contributed by atoms with E-state index in [0.29, 0.717) is 36.9 Å². The van der Waals surface area contributed by atoms with Crippen molar-refractivity contribution in [1.82, 2.24) is 9.80 Å². The second-order valence-corrected chi connectivity index (χ2v) is 8.79. The van der Waals surface area contributed by atoms with Gasteiger partial charge < -0.3 is 29.2 Å². The van der Waals surface area contributed by atoms with Crippen LogP contribution in [0.15, 0.2) is 72.8 Å². The number of methoxy groups -OCH3 is 2. The number of hydrogen-bond acceptors (Lipinski definition) is 6. The van der Waals surface area contributed by atoms with Gasteiger partial charge in [-0.05, 0) is 47.5 Å². The summed E-state index contributed by atoms with van der Waals surface area (Å²) in [6.07, 6.45) is 0. The van der Waals surface area contributed by atoms with Crippen LogP contribution in [-0.4, -0.2) is 69.4 Å². The highest BCUT2D eigenvalue weighted by Crippen LogP contribution is 2.29. The summed E-state index contributed by atoms with van der Waals surface area (Å²) in [5.74, 6) is 2.04. The van der Waals surface area contributed by atoms with Gasteiger partial charge >= 0.3 is 6.03 Å². The maximum absolute atomic E-state index is 13.3. The van der Waals surface area contributed by atoms with Crippen molar-refractivity contribution in [3.05, 3.63) is 83.9 Å². The average Bonchev–Trinajstić information content (AvgIpc) is 2.95. The van der Waals surface area contributed by atoms with Gasteiger partial charge in [0.15, 0.2) is 11.5 Å². The van der Waals surface area contributed by atoms with Crippen molar-refractivity contribution in [2.75, 3.05) is 58.9 Å². The number of morpholine rings is 1. The molecule has 1 aliphatic heterocycles. The average molecular weight is 506 g/mol. The molecule has 0 radical (unpaired) electrons. The third kappa shape index (κ3) is 7.87. The fourth-order valence-corrected chi connectivity index (χ4v) is 4.10. The smallest absolute Gasteiger partial charge is 0.322 e. The van der Waals surface area contributed by atoms with Crippen molar-refractivity contribution in [3.8, 4) is 17.2 Å². The van der Waals surface area contributed by atoms with Crippen LogP contribution in [0.2, 0.25) is 0 Å². The Bertz CT molecular complexity index is 1120. The number of nitrogens with one attached hydrogen (secondary N) is 1. The van der Waals surface area contributed by atoms with Crippen LogP contribution in [0.3, 0.4) is 0 Å². The van der Waals surface area contributed by atoms with Crippen LogP contribution in [0.1, 0.15) is 11.1 Å². The molecule has 8 heteroatoms. The largest absolute Gasteiger partial charge is 0.497 e. The Kier molecular flexibility index (Phi) is 9.62. The van der Waals surface area contributed by atoms with Gasteiger partial charge in [-0.2, -0.15) is 0 Å². The van der Waals surface area contributed by atoms with Crippen LogP contribution in [-0.2, 0) is 17.9 Å². The van der Waals surface area contributed by atoms with Crippen molar-refractivity contribution in [2.24, 2.45) is 0 Å². The fraction of sp³-hybridized carbons (Fsp3) is 0.345. The van der Waals surface area contributed by atoms with Gasteiger partial charge in [0.1, 0.15) is 12.4 Å². The van der Waals surface area contributed by atoms with Gasteiger partial charge in [0.05, 0.1) is 27.4 Å². The van der Waals surface area contributed by atoms with E-state index in [4.69, 9.17) is 18.9 Å². The number of hydrogen-bond donors (Lipinski definition) is 1. The lowest BCUT2D eigenvalue weighted by atomic mass is 10.2. The van der Waals surface area contributed by atoms with Gasteiger partial charge in [-0.15, -0.1) is 0 Å². The molecule has 3 aromatic carbocycles. The first-order valence-electron chi connectivity index (χ1n) is 12.5. The third-order valence-electron chi connectivity index (χ3n) is 6.26. The minimum Gasteiger partial charge on any atom is -0.497 e. The van der Waals surface area contributed by atoms with Crippen LogP contribution in [0, 0.1) is 0 Å². The molecule has 1 saturated heterocycles. The van der Waals surface area contributed by atoms with Gasteiger partial charge in [-0.25, -0.2) is 4.79 Å². The van der Waals surface area contributed by atoms with E-state index in [1.807, 2.05) is 77.7 Å². The number of rotatable bonds is 11. The summed E-state index contributed by atoms with van der Waals surface area (Å²) in [5, 5.41) is 3.02. The standard InChI is InChI=1S/C29H35N3O5/c1-34-26-11-9-25(10-12-26)30-29(33)32(15-14-31-16-18-36-19-17-31)21-24-8-13-27(35-2)28(20-24)37-22-23-6-4-3-5-7-23/h3-13,20H,14-19,21-22H2,1-2H3,(H,30,33). The lowest BCUT2D eigenvalue weighted by Gasteiger charge is -2.30. The zero-order valence-corrected chi connectivity index (χ0v) is 21.5. The maximum atomic E-state index is 13.3. The van der Waals surface area contributed by atoms with Crippen molar-refractivity contribution in [3.63, 3.8) is 0 Å². The second kappa shape index (κ2) is 13.5. The van der Waals surface area contributed by atoms with E-state index in [0.717, 1.165) is 49.7 Å². The van der Waals surface area contributed by atoms with Gasteiger partial charge in [-0.1, -0.05) is 36.4 Å². The molecule has 37 heavy (non-hydrogen) atoms. The van der Waals surface area contributed by atoms with E-state index < -0.39 is 0 Å². The molecule has 2 amide bonds. The number of amides is 2. The SMILES string of the molecule is COc1ccc(NC(=O)N(CCN2CCOCC2)Cc2ccc(OC)c(OCc3ccccc3)c2)cc1. The summed E-state index contributed by atoms with van der Waals surface area (Å²) in [7, 11) is 3.25. The van der Waals surface area contributed by atoms with Crippen LogP contribution >= 0.6 is 0 Å². The summed E-state index contributed by atoms with van der Waals surface area (Å²) in [5.41, 5.74) is 2.74. The minimum atomic E-state index is -0.166. The highest BCUT2D eigenvalue weighted by molar-refractivity contribution is 5.89. The number of carbonyl (C=O) groups excluding carboxylic acids is 1. The van der Waals surface area contributed by atoms with E-state index >= 15 is 0 Å². The lowest BCUT2D eigenvalue weighted by molar-refractivity contribution is 0.0349. The molecule has 196 valence electrons. The zero-order valence-electron chi connectivity index (χ0n) is 21.5. The van der Waals surface area contributed by atoms with Gasteiger partial charge in [0, 0.05) is 38.4 Å². The van der Waals surface area contributed by atoms with Crippen LogP contribution in [0.4, 0.5) is 10.5 Å². The number of nitrogens with zero attached hydrogens (tertiary/aromatic N) is 2. The van der Waals surface area contributed by atoms with Crippen molar-refractivity contribution in [1.29, 1.82) is 0 Å². The highest BCUT2D eigenvalue weighted by Gasteiger charge is 2.18. The number of anilines is 1. The first kappa shape index (κ1) is 26.3. The Hall–Kier alpha value is -3.75. The fourth-order valence-electron chi connectivity index (χ4n) is 4.10. The van der Waals surface area contributed by atoms with E-state index in [9.17, 15) is 4.79 Å². The molecule has 0 bridgehead atoms. The summed E-state index contributed by atoms with van der Waals surface area (Å²) in [6, 6.07) is 23.0. The highest BCUT2D eigenvalue weighted by atomic mass is 16.5. The monoisotopic (exact) mass is 505 g/mol. The molecular formula is C29H35N3O5. The minimum absolute atomic E-state index is 0.166. The summed E-state index contributed by atoms with van der Waals surface area (Å²) >= 11 is 0. The molecule has 1 aliphatic rings. The Labute approximate surface area is 218 Å². The molecule has 1 fully saturated rings. The molecule has 0 spiro atoms. The predicted molar refractivity (Wildman–Crippen MR) is 143 cm³/mol. The topological polar surface area (TPSA) is 72.5 Å². The predicted octanol–water partition coefficient (Wildman–Crippen LogP) is 4.65. The Balaban J connectivity index is 1.47. The van der Waals surface area contributed by atoms with Gasteiger partial charge in [0.2, 0.25) is 0 Å². The molecule has 1 heterocycles. The van der Waals surface area contributed by atoms with E-state index in [1.54, 1.807) is 14.2 Å². The van der Waals surface area contributed by atoms with Crippen molar-refractivity contribution in [2.45, 2.75) is 13.2 Å². The number of ether oxygens (including phenoxy) is 4. The summed E-state index contributed by atoms with van der Waals surface area (Å²) in [6.45, 7) is 5.39. The Morgan fingerprint density at radius 1 is 0.919 bits per heavy atom. The van der Waals surface area contributed by atoms with E-state index in [1.165, 1.54) is 0 Å². The molecule has 4 rings (SSSR count). The first-order valence-corrected chi connectivity index (χ1v) is 12.5. The van der Waals surface area contributed by atoms with E-state index in [2.05, 4.69) is 10.2 Å². The Morgan fingerprint density at radius 2 is 1.68 bits per heavy atom. The van der Waals surface area contributed by atoms with Gasteiger partial charge in [-0.3, -0.25) is 4.90 Å². The Morgan fingerprint density at radius 3 is 2.38 bits per heavy atom. The third-order valence-corrected chi connectivity index (χ3v) is 6.26. The number of urea groups is 1. The molecule has 0 aromatic heterocycles. The van der Waals surface area contributed by atoms with Crippen LogP contribution in [0.5, 0.6) is 17.2 Å². The van der Waals surface area contributed by atoms with Crippen LogP contribution in [0.25, 0.3) is 0 Å². The lowest BCUT2D eigenvalue weighted by Crippen LogP contribution is -2.44. The maximum Gasteiger partial charge on any atom is 0.322 e. The molecule has 0 saturated carbocycles. The second-order valence-electron chi connectivity index (χ2n) is 8.79. The molecule has 0 atom stereocenters. The molecular weight excluding hydrogens is 470 g/mol. The first-order chi connectivity index (χ1) is 18.1. The molecule has 0 unspecified atom stereocenters. The van der Waals surface area contributed by atoms with Crippen molar-refractivity contribution < 1.29 is 23.7 Å². The molecule has 1 N–H and O–H groups in total. The zero-order chi connectivity index (χ0) is 25.9. The normalized spacial score (nSPS) is 13.6. The van der Waals surface area contributed by atoms with Crippen LogP contribution < -0.4 is 19.5 Å². The van der Waals surface area contributed by atoms with Crippen molar-refractivity contribution >= 4 is 11.7 Å².